The molecule has 0 radical (unpaired) electrons. The maximum Gasteiger partial charge on any atom is 0.332 e. The minimum Gasteiger partial charge on any atom is -0.467 e. The number of hydrogen-bond acceptors (Lipinski definition) is 4. The summed E-state index contributed by atoms with van der Waals surface area (Å²) in [5.74, 6) is 1.62. The second kappa shape index (κ2) is 5.85. The van der Waals surface area contributed by atoms with Crippen LogP contribution in [-0.2, 0) is 9.53 Å². The summed E-state index contributed by atoms with van der Waals surface area (Å²) in [4.78, 5) is 12.0. The second-order valence-electron chi connectivity index (χ2n) is 4.37. The van der Waals surface area contributed by atoms with Crippen LogP contribution in [0.3, 0.4) is 0 Å². The van der Waals surface area contributed by atoms with E-state index in [1.165, 1.54) is 7.11 Å². The predicted molar refractivity (Wildman–Crippen MR) is 76.4 cm³/mol. The normalized spacial score (nSPS) is 23.4. The Balaban J connectivity index is 2.22. The summed E-state index contributed by atoms with van der Waals surface area (Å²) in [6.45, 7) is 0. The van der Waals surface area contributed by atoms with Crippen LogP contribution in [0, 0.1) is 0 Å². The molecule has 1 aliphatic rings. The van der Waals surface area contributed by atoms with Crippen LogP contribution < -0.4 is 5.32 Å². The standard InChI is InChI=1S/C13H16ClNO2S/c1-17-12(16)13(6-3-7-18-9-13)15-11-5-2-4-10(14)8-11/h2,4-5,8,15H,3,6-7,9H2,1H3. The summed E-state index contributed by atoms with van der Waals surface area (Å²) in [6, 6.07) is 7.42. The minimum absolute atomic E-state index is 0.199. The molecule has 1 saturated heterocycles. The number of nitrogens with one attached hydrogen (secondary N) is 1. The van der Waals surface area contributed by atoms with E-state index in [1.807, 2.05) is 24.3 Å². The van der Waals surface area contributed by atoms with Gasteiger partial charge in [0.25, 0.3) is 0 Å². The highest BCUT2D eigenvalue weighted by Gasteiger charge is 2.41. The van der Waals surface area contributed by atoms with Gasteiger partial charge in [0.05, 0.1) is 7.11 Å². The molecule has 1 fully saturated rings. The second-order valence-corrected chi connectivity index (χ2v) is 5.91. The maximum absolute atomic E-state index is 12.0. The van der Waals surface area contributed by atoms with Gasteiger partial charge < -0.3 is 10.1 Å². The molecule has 1 heterocycles. The Bertz CT molecular complexity index is 433. The molecule has 18 heavy (non-hydrogen) atoms. The molecule has 0 aromatic heterocycles. The molecule has 3 nitrogen and oxygen atoms in total. The molecule has 1 unspecified atom stereocenters. The van der Waals surface area contributed by atoms with Crippen molar-refractivity contribution in [2.45, 2.75) is 18.4 Å². The third-order valence-corrected chi connectivity index (χ3v) is 4.53. The molecular weight excluding hydrogens is 270 g/mol. The van der Waals surface area contributed by atoms with Gasteiger partial charge in [-0.3, -0.25) is 0 Å². The Labute approximate surface area is 116 Å². The van der Waals surface area contributed by atoms with E-state index >= 15 is 0 Å². The molecule has 0 spiro atoms. The van der Waals surface area contributed by atoms with Crippen molar-refractivity contribution in [3.63, 3.8) is 0 Å². The summed E-state index contributed by atoms with van der Waals surface area (Å²) in [5, 5.41) is 3.96. The molecule has 2 rings (SSSR count). The van der Waals surface area contributed by atoms with Crippen LogP contribution in [0.25, 0.3) is 0 Å². The number of carbonyl (C=O) groups excluding carboxylic acids is 1. The molecule has 0 amide bonds. The van der Waals surface area contributed by atoms with Crippen LogP contribution in [0.5, 0.6) is 0 Å². The van der Waals surface area contributed by atoms with Crippen LogP contribution in [0.1, 0.15) is 12.8 Å². The van der Waals surface area contributed by atoms with E-state index in [-0.39, 0.29) is 5.97 Å². The van der Waals surface area contributed by atoms with Gasteiger partial charge in [0, 0.05) is 16.5 Å². The molecule has 0 bridgehead atoms. The molecule has 1 aromatic carbocycles. The van der Waals surface area contributed by atoms with Crippen LogP contribution in [0.4, 0.5) is 5.69 Å². The van der Waals surface area contributed by atoms with Gasteiger partial charge in [-0.15, -0.1) is 0 Å². The summed E-state index contributed by atoms with van der Waals surface area (Å²) in [7, 11) is 1.43. The molecule has 0 aliphatic carbocycles. The SMILES string of the molecule is COC(=O)C1(Nc2cccc(Cl)c2)CCCSC1. The zero-order valence-electron chi connectivity index (χ0n) is 10.2. The highest BCUT2D eigenvalue weighted by molar-refractivity contribution is 7.99. The van der Waals surface area contributed by atoms with E-state index in [2.05, 4.69) is 5.32 Å². The Morgan fingerprint density at radius 2 is 2.39 bits per heavy atom. The lowest BCUT2D eigenvalue weighted by Crippen LogP contribution is -2.51. The fourth-order valence-corrected chi connectivity index (χ4v) is 3.51. The van der Waals surface area contributed by atoms with Gasteiger partial charge in [-0.2, -0.15) is 11.8 Å². The van der Waals surface area contributed by atoms with E-state index in [9.17, 15) is 4.79 Å². The highest BCUT2D eigenvalue weighted by atomic mass is 35.5. The molecule has 1 atom stereocenters. The van der Waals surface area contributed by atoms with Crippen LogP contribution in [-0.4, -0.2) is 30.1 Å². The van der Waals surface area contributed by atoms with Crippen molar-refractivity contribution >= 4 is 35.0 Å². The molecule has 1 aromatic rings. The Hall–Kier alpha value is -0.870. The lowest BCUT2D eigenvalue weighted by Gasteiger charge is -2.35. The van der Waals surface area contributed by atoms with E-state index in [1.54, 1.807) is 11.8 Å². The molecule has 1 aliphatic heterocycles. The number of benzene rings is 1. The first-order valence-corrected chi connectivity index (χ1v) is 7.39. The summed E-state index contributed by atoms with van der Waals surface area (Å²) in [6.07, 6.45) is 1.80. The van der Waals surface area contributed by atoms with Crippen molar-refractivity contribution < 1.29 is 9.53 Å². The summed E-state index contributed by atoms with van der Waals surface area (Å²) in [5.41, 5.74) is 0.234. The number of hydrogen-bond donors (Lipinski definition) is 1. The van der Waals surface area contributed by atoms with Gasteiger partial charge in [0.15, 0.2) is 0 Å². The third-order valence-electron chi connectivity index (χ3n) is 3.03. The smallest absolute Gasteiger partial charge is 0.332 e. The topological polar surface area (TPSA) is 38.3 Å². The first-order chi connectivity index (χ1) is 8.66. The van der Waals surface area contributed by atoms with E-state index in [0.717, 1.165) is 30.0 Å². The Kier molecular flexibility index (Phi) is 4.40. The fourth-order valence-electron chi connectivity index (χ4n) is 2.14. The van der Waals surface area contributed by atoms with Gasteiger partial charge in [-0.05, 0) is 36.8 Å². The highest BCUT2D eigenvalue weighted by Crippen LogP contribution is 2.32. The predicted octanol–water partition coefficient (Wildman–Crippen LogP) is 3.19. The number of rotatable bonds is 3. The molecular formula is C13H16ClNO2S. The number of ether oxygens (including phenoxy) is 1. The number of halogens is 1. The van der Waals surface area contributed by atoms with Gasteiger partial charge in [0.1, 0.15) is 5.54 Å². The number of anilines is 1. The Morgan fingerprint density at radius 1 is 1.56 bits per heavy atom. The van der Waals surface area contributed by atoms with Crippen molar-refractivity contribution in [1.29, 1.82) is 0 Å². The lowest BCUT2D eigenvalue weighted by molar-refractivity contribution is -0.145. The van der Waals surface area contributed by atoms with Gasteiger partial charge >= 0.3 is 5.97 Å². The average Bonchev–Trinajstić information content (AvgIpc) is 2.39. The van der Waals surface area contributed by atoms with E-state index < -0.39 is 5.54 Å². The molecule has 5 heteroatoms. The summed E-state index contributed by atoms with van der Waals surface area (Å²) < 4.78 is 4.95. The van der Waals surface area contributed by atoms with Crippen molar-refractivity contribution in [2.24, 2.45) is 0 Å². The molecule has 1 N–H and O–H groups in total. The molecule has 0 saturated carbocycles. The Morgan fingerprint density at radius 3 is 3.00 bits per heavy atom. The zero-order chi connectivity index (χ0) is 13.0. The van der Waals surface area contributed by atoms with Crippen molar-refractivity contribution in [1.82, 2.24) is 0 Å². The molecule has 98 valence electrons. The van der Waals surface area contributed by atoms with Crippen LogP contribution >= 0.6 is 23.4 Å². The van der Waals surface area contributed by atoms with Crippen LogP contribution in [0.15, 0.2) is 24.3 Å². The van der Waals surface area contributed by atoms with Crippen molar-refractivity contribution in [3.05, 3.63) is 29.3 Å². The number of carbonyl (C=O) groups is 1. The number of methoxy groups -OCH3 is 1. The van der Waals surface area contributed by atoms with Crippen molar-refractivity contribution in [2.75, 3.05) is 23.9 Å². The first-order valence-electron chi connectivity index (χ1n) is 5.86. The third kappa shape index (κ3) is 2.93. The largest absolute Gasteiger partial charge is 0.467 e. The number of esters is 1. The monoisotopic (exact) mass is 285 g/mol. The van der Waals surface area contributed by atoms with Crippen molar-refractivity contribution in [3.8, 4) is 0 Å². The quantitative estimate of drug-likeness (QED) is 0.866. The van der Waals surface area contributed by atoms with Gasteiger partial charge in [-0.1, -0.05) is 17.7 Å². The average molecular weight is 286 g/mol. The number of thioether (sulfide) groups is 1. The van der Waals surface area contributed by atoms with Gasteiger partial charge in [0.2, 0.25) is 0 Å². The zero-order valence-corrected chi connectivity index (χ0v) is 11.8. The van der Waals surface area contributed by atoms with Crippen LogP contribution in [0.2, 0.25) is 5.02 Å². The minimum atomic E-state index is -0.623. The lowest BCUT2D eigenvalue weighted by atomic mass is 9.95. The van der Waals surface area contributed by atoms with E-state index in [0.29, 0.717) is 5.02 Å². The fraction of sp³-hybridized carbons (Fsp3) is 0.462. The summed E-state index contributed by atoms with van der Waals surface area (Å²) >= 11 is 7.73. The van der Waals surface area contributed by atoms with E-state index in [4.69, 9.17) is 16.3 Å². The first kappa shape index (κ1) is 13.6. The maximum atomic E-state index is 12.0. The van der Waals surface area contributed by atoms with Gasteiger partial charge in [-0.25, -0.2) is 4.79 Å².